The van der Waals surface area contributed by atoms with Gasteiger partial charge < -0.3 is 4.90 Å². The lowest BCUT2D eigenvalue weighted by Gasteiger charge is -2.16. The third kappa shape index (κ3) is 2.05. The second-order valence-electron chi connectivity index (χ2n) is 3.47. The molecule has 0 atom stereocenters. The van der Waals surface area contributed by atoms with Gasteiger partial charge in [0.1, 0.15) is 0 Å². The van der Waals surface area contributed by atoms with Crippen LogP contribution in [0.3, 0.4) is 0 Å². The summed E-state index contributed by atoms with van der Waals surface area (Å²) in [5, 5.41) is 0. The summed E-state index contributed by atoms with van der Waals surface area (Å²) in [4.78, 5) is 13.9. The second-order valence-corrected chi connectivity index (χ2v) is 3.74. The molecular weight excluding hydrogens is 210 g/mol. The maximum atomic E-state index is 12.1. The summed E-state index contributed by atoms with van der Waals surface area (Å²) in [6, 6.07) is 7.49. The maximum absolute atomic E-state index is 12.1. The minimum absolute atomic E-state index is 0.0660. The van der Waals surface area contributed by atoms with Gasteiger partial charge in [0, 0.05) is 24.5 Å². The van der Waals surface area contributed by atoms with E-state index >= 15 is 0 Å². The predicted octanol–water partition coefficient (Wildman–Crippen LogP) is 2.44. The summed E-state index contributed by atoms with van der Waals surface area (Å²) >= 11 is 5.80. The first-order valence-corrected chi connectivity index (χ1v) is 5.44. The van der Waals surface area contributed by atoms with Crippen molar-refractivity contribution in [2.45, 2.75) is 5.88 Å². The Bertz CT molecular complexity index is 392. The Morgan fingerprint density at radius 2 is 1.93 bits per heavy atom. The molecule has 1 aliphatic rings. The van der Waals surface area contributed by atoms with Crippen LogP contribution in [0.1, 0.15) is 15.9 Å². The van der Waals surface area contributed by atoms with Gasteiger partial charge in [-0.3, -0.25) is 4.79 Å². The van der Waals surface area contributed by atoms with Crippen LogP contribution in [0.2, 0.25) is 0 Å². The number of carbonyl (C=O) groups excluding carboxylic acids is 1. The number of rotatable bonds is 2. The first-order valence-electron chi connectivity index (χ1n) is 4.91. The van der Waals surface area contributed by atoms with Crippen molar-refractivity contribution in [3.8, 4) is 0 Å². The van der Waals surface area contributed by atoms with Gasteiger partial charge in [-0.25, -0.2) is 0 Å². The molecule has 0 spiro atoms. The van der Waals surface area contributed by atoms with Crippen LogP contribution in [-0.2, 0) is 5.88 Å². The van der Waals surface area contributed by atoms with E-state index in [1.54, 1.807) is 4.90 Å². The first kappa shape index (κ1) is 10.2. The summed E-state index contributed by atoms with van der Waals surface area (Å²) in [6.07, 6.45) is 4.00. The SMILES string of the molecule is O=C(c1ccccc1CCl)N1CC=CC1. The van der Waals surface area contributed by atoms with Gasteiger partial charge >= 0.3 is 0 Å². The summed E-state index contributed by atoms with van der Waals surface area (Å²) in [6.45, 7) is 1.41. The van der Waals surface area contributed by atoms with Crippen LogP contribution < -0.4 is 0 Å². The predicted molar refractivity (Wildman–Crippen MR) is 61.0 cm³/mol. The molecule has 15 heavy (non-hydrogen) atoms. The number of halogens is 1. The smallest absolute Gasteiger partial charge is 0.254 e. The van der Waals surface area contributed by atoms with E-state index in [0.717, 1.165) is 11.1 Å². The fourth-order valence-electron chi connectivity index (χ4n) is 1.66. The molecule has 78 valence electrons. The molecule has 1 aromatic rings. The van der Waals surface area contributed by atoms with Crippen molar-refractivity contribution in [1.82, 2.24) is 4.90 Å². The quantitative estimate of drug-likeness (QED) is 0.555. The molecule has 0 fully saturated rings. The van der Waals surface area contributed by atoms with Gasteiger partial charge in [-0.15, -0.1) is 11.6 Å². The van der Waals surface area contributed by atoms with Gasteiger partial charge in [0.25, 0.3) is 5.91 Å². The molecule has 2 nitrogen and oxygen atoms in total. The third-order valence-corrected chi connectivity index (χ3v) is 2.79. The highest BCUT2D eigenvalue weighted by Gasteiger charge is 2.18. The Kier molecular flexibility index (Phi) is 3.07. The Hall–Kier alpha value is -1.28. The van der Waals surface area contributed by atoms with E-state index < -0.39 is 0 Å². The van der Waals surface area contributed by atoms with E-state index in [4.69, 9.17) is 11.6 Å². The van der Waals surface area contributed by atoms with Crippen LogP contribution >= 0.6 is 11.6 Å². The number of hydrogen-bond donors (Lipinski definition) is 0. The van der Waals surface area contributed by atoms with E-state index in [9.17, 15) is 4.79 Å². The van der Waals surface area contributed by atoms with Crippen molar-refractivity contribution < 1.29 is 4.79 Å². The second kappa shape index (κ2) is 4.49. The molecule has 0 bridgehead atoms. The van der Waals surface area contributed by atoms with E-state index in [1.807, 2.05) is 36.4 Å². The fourth-order valence-corrected chi connectivity index (χ4v) is 1.89. The van der Waals surface area contributed by atoms with Crippen molar-refractivity contribution in [1.29, 1.82) is 0 Å². The van der Waals surface area contributed by atoms with Crippen LogP contribution in [0.15, 0.2) is 36.4 Å². The topological polar surface area (TPSA) is 20.3 Å². The monoisotopic (exact) mass is 221 g/mol. The van der Waals surface area contributed by atoms with Crippen LogP contribution in [0.5, 0.6) is 0 Å². The Morgan fingerprint density at radius 1 is 1.27 bits per heavy atom. The zero-order valence-corrected chi connectivity index (χ0v) is 9.07. The van der Waals surface area contributed by atoms with Crippen molar-refractivity contribution in [3.05, 3.63) is 47.5 Å². The molecule has 1 amide bonds. The zero-order chi connectivity index (χ0) is 10.7. The van der Waals surface area contributed by atoms with Crippen molar-refractivity contribution in [3.63, 3.8) is 0 Å². The normalized spacial score (nSPS) is 14.6. The molecule has 0 saturated heterocycles. The van der Waals surface area contributed by atoms with Crippen molar-refractivity contribution in [2.24, 2.45) is 0 Å². The average Bonchev–Trinajstić information content (AvgIpc) is 2.81. The lowest BCUT2D eigenvalue weighted by atomic mass is 10.1. The highest BCUT2D eigenvalue weighted by molar-refractivity contribution is 6.17. The van der Waals surface area contributed by atoms with Gasteiger partial charge in [0.05, 0.1) is 0 Å². The largest absolute Gasteiger partial charge is 0.331 e. The Morgan fingerprint density at radius 3 is 2.60 bits per heavy atom. The first-order chi connectivity index (χ1) is 7.33. The molecule has 2 rings (SSSR count). The van der Waals surface area contributed by atoms with Gasteiger partial charge in [0.2, 0.25) is 0 Å². The number of carbonyl (C=O) groups is 1. The Labute approximate surface area is 94.2 Å². The molecule has 1 aromatic carbocycles. The van der Waals surface area contributed by atoms with Crippen LogP contribution in [0, 0.1) is 0 Å². The summed E-state index contributed by atoms with van der Waals surface area (Å²) in [5.41, 5.74) is 1.62. The van der Waals surface area contributed by atoms with E-state index in [-0.39, 0.29) is 5.91 Å². The Balaban J connectivity index is 2.24. The van der Waals surface area contributed by atoms with Gasteiger partial charge in [0.15, 0.2) is 0 Å². The molecule has 3 heteroatoms. The number of benzene rings is 1. The summed E-state index contributed by atoms with van der Waals surface area (Å²) in [5.74, 6) is 0.444. The van der Waals surface area contributed by atoms with Gasteiger partial charge in [-0.2, -0.15) is 0 Å². The van der Waals surface area contributed by atoms with Crippen LogP contribution in [-0.4, -0.2) is 23.9 Å². The van der Waals surface area contributed by atoms with E-state index in [1.165, 1.54) is 0 Å². The molecule has 0 radical (unpaired) electrons. The highest BCUT2D eigenvalue weighted by atomic mass is 35.5. The minimum Gasteiger partial charge on any atom is -0.331 e. The molecule has 0 aliphatic carbocycles. The molecule has 1 aliphatic heterocycles. The average molecular weight is 222 g/mol. The number of amides is 1. The lowest BCUT2D eigenvalue weighted by Crippen LogP contribution is -2.28. The molecular formula is C12H12ClNO. The van der Waals surface area contributed by atoms with Gasteiger partial charge in [-0.05, 0) is 11.6 Å². The zero-order valence-electron chi connectivity index (χ0n) is 8.32. The number of alkyl halides is 1. The molecule has 0 saturated carbocycles. The van der Waals surface area contributed by atoms with E-state index in [0.29, 0.717) is 19.0 Å². The number of hydrogen-bond acceptors (Lipinski definition) is 1. The van der Waals surface area contributed by atoms with Gasteiger partial charge in [-0.1, -0.05) is 30.4 Å². The number of nitrogens with zero attached hydrogens (tertiary/aromatic N) is 1. The van der Waals surface area contributed by atoms with Crippen molar-refractivity contribution >= 4 is 17.5 Å². The van der Waals surface area contributed by atoms with E-state index in [2.05, 4.69) is 0 Å². The lowest BCUT2D eigenvalue weighted by molar-refractivity contribution is 0.0799. The molecule has 0 aromatic heterocycles. The molecule has 0 N–H and O–H groups in total. The van der Waals surface area contributed by atoms with Crippen LogP contribution in [0.4, 0.5) is 0 Å². The summed E-state index contributed by atoms with van der Waals surface area (Å²) in [7, 11) is 0. The highest BCUT2D eigenvalue weighted by Crippen LogP contribution is 2.15. The molecule has 0 unspecified atom stereocenters. The maximum Gasteiger partial charge on any atom is 0.254 e. The fraction of sp³-hybridized carbons (Fsp3) is 0.250. The van der Waals surface area contributed by atoms with Crippen molar-refractivity contribution in [2.75, 3.05) is 13.1 Å². The summed E-state index contributed by atoms with van der Waals surface area (Å²) < 4.78 is 0. The minimum atomic E-state index is 0.0660. The van der Waals surface area contributed by atoms with Crippen LogP contribution in [0.25, 0.3) is 0 Å². The standard InChI is InChI=1S/C12H12ClNO/c13-9-10-5-1-2-6-11(10)12(15)14-7-3-4-8-14/h1-6H,7-9H2. The third-order valence-electron chi connectivity index (χ3n) is 2.50. The molecule has 1 heterocycles.